The number of hydrogen-bond acceptors (Lipinski definition) is 2. The maximum absolute atomic E-state index is 10.1. The van der Waals surface area contributed by atoms with Crippen molar-refractivity contribution in [1.82, 2.24) is 0 Å². The van der Waals surface area contributed by atoms with E-state index in [1.54, 1.807) is 6.08 Å². The molecule has 0 bridgehead atoms. The largest absolute Gasteiger partial charge is 0.481 e. The first-order valence-corrected chi connectivity index (χ1v) is 4.16. The monoisotopic (exact) mass is 179 g/mol. The molecule has 13 heavy (non-hydrogen) atoms. The van der Waals surface area contributed by atoms with Crippen LogP contribution in [0.3, 0.4) is 0 Å². The van der Waals surface area contributed by atoms with E-state index < -0.39 is 5.97 Å². The zero-order chi connectivity index (χ0) is 9.94. The minimum Gasteiger partial charge on any atom is -0.481 e. The summed E-state index contributed by atoms with van der Waals surface area (Å²) in [5, 5.41) is 16.5. The molecule has 0 fully saturated rings. The second-order valence-corrected chi connectivity index (χ2v) is 2.48. The number of carboxylic acids is 1. The zero-order valence-corrected chi connectivity index (χ0v) is 7.44. The van der Waals surface area contributed by atoms with Crippen LogP contribution in [0.5, 0.6) is 0 Å². The molecule has 0 aliphatic carbocycles. The number of rotatable bonds is 6. The van der Waals surface area contributed by atoms with Crippen LogP contribution in [0.25, 0.3) is 0 Å². The van der Waals surface area contributed by atoms with Gasteiger partial charge in [-0.3, -0.25) is 4.79 Å². The average Bonchev–Trinajstić information content (AvgIpc) is 2.09. The first-order chi connectivity index (χ1) is 6.27. The van der Waals surface area contributed by atoms with Crippen LogP contribution in [0, 0.1) is 11.3 Å². The van der Waals surface area contributed by atoms with E-state index in [1.165, 1.54) is 0 Å². The Morgan fingerprint density at radius 1 is 1.23 bits per heavy atom. The van der Waals surface area contributed by atoms with Crippen molar-refractivity contribution in [3.8, 4) is 6.07 Å². The summed E-state index contributed by atoms with van der Waals surface area (Å²) in [6, 6.07) is 2.00. The quantitative estimate of drug-likeness (QED) is 0.502. The highest BCUT2D eigenvalue weighted by Crippen LogP contribution is 1.95. The summed E-state index contributed by atoms with van der Waals surface area (Å²) in [7, 11) is 0. The Kier molecular flexibility index (Phi) is 7.51. The third kappa shape index (κ3) is 10.4. The lowest BCUT2D eigenvalue weighted by Crippen LogP contribution is -1.89. The predicted octanol–water partition coefficient (Wildman–Crippen LogP) is 2.27. The van der Waals surface area contributed by atoms with Gasteiger partial charge in [-0.1, -0.05) is 24.3 Å². The van der Waals surface area contributed by atoms with Gasteiger partial charge in [-0.05, 0) is 12.8 Å². The van der Waals surface area contributed by atoms with E-state index in [2.05, 4.69) is 0 Å². The standard InChI is InChI=1S/C10H13NO2/c11-9-7-5-3-1-2-4-6-8-10(12)13/h3-6H,1-2,7-8H2,(H,12,13). The Balaban J connectivity index is 3.30. The number of aliphatic carboxylic acids is 1. The van der Waals surface area contributed by atoms with Crippen molar-refractivity contribution >= 4 is 5.97 Å². The van der Waals surface area contributed by atoms with Crippen LogP contribution < -0.4 is 0 Å². The first-order valence-electron chi connectivity index (χ1n) is 4.16. The molecule has 0 radical (unpaired) electrons. The SMILES string of the molecule is N#CCC=CCCC=CCC(=O)O. The average molecular weight is 179 g/mol. The van der Waals surface area contributed by atoms with Crippen LogP contribution in [0.4, 0.5) is 0 Å². The molecule has 0 aromatic carbocycles. The molecule has 0 heterocycles. The summed E-state index contributed by atoms with van der Waals surface area (Å²) in [6.45, 7) is 0. The Bertz CT molecular complexity index is 236. The Labute approximate surface area is 78.0 Å². The zero-order valence-electron chi connectivity index (χ0n) is 7.44. The van der Waals surface area contributed by atoms with Crippen LogP contribution in [0.2, 0.25) is 0 Å². The van der Waals surface area contributed by atoms with Crippen molar-refractivity contribution in [2.45, 2.75) is 25.7 Å². The number of allylic oxidation sites excluding steroid dienone is 3. The molecule has 0 aromatic heterocycles. The van der Waals surface area contributed by atoms with Gasteiger partial charge in [0, 0.05) is 0 Å². The van der Waals surface area contributed by atoms with E-state index in [0.717, 1.165) is 12.8 Å². The molecule has 70 valence electrons. The van der Waals surface area contributed by atoms with Crippen molar-refractivity contribution in [2.24, 2.45) is 0 Å². The van der Waals surface area contributed by atoms with Crippen molar-refractivity contribution < 1.29 is 9.90 Å². The minimum atomic E-state index is -0.809. The number of nitriles is 1. The number of nitrogens with zero attached hydrogens (tertiary/aromatic N) is 1. The first kappa shape index (κ1) is 11.4. The van der Waals surface area contributed by atoms with Gasteiger partial charge in [0.05, 0.1) is 18.9 Å². The second-order valence-electron chi connectivity index (χ2n) is 2.48. The summed E-state index contributed by atoms with van der Waals surface area (Å²) in [6.07, 6.45) is 9.43. The molecule has 0 spiro atoms. The van der Waals surface area contributed by atoms with Crippen LogP contribution in [-0.4, -0.2) is 11.1 Å². The molecule has 3 heteroatoms. The summed E-state index contributed by atoms with van der Waals surface area (Å²) in [5.41, 5.74) is 0. The minimum absolute atomic E-state index is 0.0852. The van der Waals surface area contributed by atoms with Crippen molar-refractivity contribution in [3.63, 3.8) is 0 Å². The van der Waals surface area contributed by atoms with Crippen LogP contribution in [0.1, 0.15) is 25.7 Å². The molecule has 0 saturated heterocycles. The van der Waals surface area contributed by atoms with Gasteiger partial charge < -0.3 is 5.11 Å². The van der Waals surface area contributed by atoms with E-state index in [1.807, 2.05) is 24.3 Å². The van der Waals surface area contributed by atoms with E-state index in [9.17, 15) is 4.79 Å². The topological polar surface area (TPSA) is 61.1 Å². The lowest BCUT2D eigenvalue weighted by atomic mass is 10.2. The Hall–Kier alpha value is -1.56. The molecule has 0 atom stereocenters. The van der Waals surface area contributed by atoms with Crippen LogP contribution in [-0.2, 0) is 4.79 Å². The molecule has 0 unspecified atom stereocenters. The molecule has 0 aliphatic rings. The van der Waals surface area contributed by atoms with E-state index in [-0.39, 0.29) is 6.42 Å². The molecule has 0 amide bonds. The Morgan fingerprint density at radius 2 is 1.85 bits per heavy atom. The van der Waals surface area contributed by atoms with Gasteiger partial charge in [-0.15, -0.1) is 0 Å². The van der Waals surface area contributed by atoms with Gasteiger partial charge in [-0.2, -0.15) is 5.26 Å². The van der Waals surface area contributed by atoms with Crippen molar-refractivity contribution in [1.29, 1.82) is 5.26 Å². The maximum atomic E-state index is 10.1. The highest BCUT2D eigenvalue weighted by molar-refractivity contribution is 5.68. The maximum Gasteiger partial charge on any atom is 0.307 e. The summed E-state index contributed by atoms with van der Waals surface area (Å²) < 4.78 is 0. The van der Waals surface area contributed by atoms with Gasteiger partial charge in [-0.25, -0.2) is 0 Å². The van der Waals surface area contributed by atoms with Gasteiger partial charge in [0.15, 0.2) is 0 Å². The highest BCUT2D eigenvalue weighted by atomic mass is 16.4. The fourth-order valence-corrected chi connectivity index (χ4v) is 0.748. The molecule has 1 N–H and O–H groups in total. The van der Waals surface area contributed by atoms with Gasteiger partial charge >= 0.3 is 5.97 Å². The number of unbranched alkanes of at least 4 members (excludes halogenated alkanes) is 1. The summed E-state index contributed by atoms with van der Waals surface area (Å²) in [4.78, 5) is 10.1. The van der Waals surface area contributed by atoms with Crippen LogP contribution in [0.15, 0.2) is 24.3 Å². The third-order valence-electron chi connectivity index (χ3n) is 1.33. The van der Waals surface area contributed by atoms with Crippen molar-refractivity contribution in [2.75, 3.05) is 0 Å². The van der Waals surface area contributed by atoms with E-state index >= 15 is 0 Å². The van der Waals surface area contributed by atoms with E-state index in [4.69, 9.17) is 10.4 Å². The lowest BCUT2D eigenvalue weighted by molar-refractivity contribution is -0.136. The fraction of sp³-hybridized carbons (Fsp3) is 0.400. The molecular formula is C10H13NO2. The Morgan fingerprint density at radius 3 is 2.38 bits per heavy atom. The number of carboxylic acid groups (broad SMARTS) is 1. The van der Waals surface area contributed by atoms with Crippen LogP contribution >= 0.6 is 0 Å². The molecule has 0 rings (SSSR count). The normalized spacial score (nSPS) is 10.7. The number of hydrogen-bond donors (Lipinski definition) is 1. The van der Waals surface area contributed by atoms with Gasteiger partial charge in [0.2, 0.25) is 0 Å². The highest BCUT2D eigenvalue weighted by Gasteiger charge is 1.87. The van der Waals surface area contributed by atoms with E-state index in [0.29, 0.717) is 6.42 Å². The smallest absolute Gasteiger partial charge is 0.307 e. The van der Waals surface area contributed by atoms with Crippen molar-refractivity contribution in [3.05, 3.63) is 24.3 Å². The molecule has 0 saturated carbocycles. The molecule has 0 aliphatic heterocycles. The fourth-order valence-electron chi connectivity index (χ4n) is 0.748. The number of carbonyl (C=O) groups is 1. The summed E-state index contributed by atoms with van der Waals surface area (Å²) >= 11 is 0. The predicted molar refractivity (Wildman–Crippen MR) is 50.0 cm³/mol. The molecule has 3 nitrogen and oxygen atoms in total. The molecular weight excluding hydrogens is 166 g/mol. The lowest BCUT2D eigenvalue weighted by Gasteiger charge is -1.86. The van der Waals surface area contributed by atoms with Gasteiger partial charge in [0.25, 0.3) is 0 Å². The second kappa shape index (κ2) is 8.54. The molecule has 0 aromatic rings. The van der Waals surface area contributed by atoms with Gasteiger partial charge in [0.1, 0.15) is 0 Å². The summed E-state index contributed by atoms with van der Waals surface area (Å²) in [5.74, 6) is -0.809. The third-order valence-corrected chi connectivity index (χ3v) is 1.33.